The third-order valence-electron chi connectivity index (χ3n) is 4.60. The normalized spacial score (nSPS) is 13.0. The van der Waals surface area contributed by atoms with E-state index in [9.17, 15) is 14.7 Å². The van der Waals surface area contributed by atoms with Gasteiger partial charge in [-0.1, -0.05) is 12.1 Å². The summed E-state index contributed by atoms with van der Waals surface area (Å²) in [5.74, 6) is -0.248. The van der Waals surface area contributed by atoms with Gasteiger partial charge in [0.2, 0.25) is 11.8 Å². The van der Waals surface area contributed by atoms with Gasteiger partial charge in [-0.3, -0.25) is 14.5 Å². The number of aromatic nitrogens is 2. The molecule has 2 atom stereocenters. The number of nitrogens with zero attached hydrogens (tertiary/aromatic N) is 3. The van der Waals surface area contributed by atoms with Gasteiger partial charge in [-0.15, -0.1) is 0 Å². The molecule has 29 heavy (non-hydrogen) atoms. The molecule has 2 amide bonds. The van der Waals surface area contributed by atoms with Crippen LogP contribution in [0.1, 0.15) is 24.5 Å². The number of carbonyl (C=O) groups is 2. The molecule has 3 N–H and O–H groups in total. The van der Waals surface area contributed by atoms with E-state index < -0.39 is 12.1 Å². The number of phenols is 1. The van der Waals surface area contributed by atoms with E-state index in [1.807, 2.05) is 19.0 Å². The summed E-state index contributed by atoms with van der Waals surface area (Å²) in [6, 6.07) is 5.70. The van der Waals surface area contributed by atoms with Crippen LogP contribution in [0.15, 0.2) is 43.0 Å². The van der Waals surface area contributed by atoms with Gasteiger partial charge in [0.25, 0.3) is 0 Å². The zero-order valence-electron chi connectivity index (χ0n) is 17.1. The molecule has 0 radical (unpaired) electrons. The van der Waals surface area contributed by atoms with E-state index in [4.69, 9.17) is 0 Å². The molecular formula is C21H29N5O3. The van der Waals surface area contributed by atoms with Crippen molar-refractivity contribution < 1.29 is 14.7 Å². The zero-order chi connectivity index (χ0) is 21.2. The number of benzene rings is 1. The number of nitrogens with one attached hydrogen (secondary N) is 2. The molecule has 0 bridgehead atoms. The van der Waals surface area contributed by atoms with Crippen molar-refractivity contribution in [1.82, 2.24) is 25.5 Å². The van der Waals surface area contributed by atoms with Gasteiger partial charge >= 0.3 is 0 Å². The van der Waals surface area contributed by atoms with Gasteiger partial charge in [0.05, 0.1) is 6.04 Å². The summed E-state index contributed by atoms with van der Waals surface area (Å²) < 4.78 is 0. The highest BCUT2D eigenvalue weighted by Crippen LogP contribution is 2.13. The Balaban J connectivity index is 1.79. The van der Waals surface area contributed by atoms with E-state index in [1.165, 1.54) is 6.33 Å². The summed E-state index contributed by atoms with van der Waals surface area (Å²) >= 11 is 0. The predicted molar refractivity (Wildman–Crippen MR) is 110 cm³/mol. The van der Waals surface area contributed by atoms with Crippen molar-refractivity contribution in [3.8, 4) is 5.75 Å². The lowest BCUT2D eigenvalue weighted by Crippen LogP contribution is -2.52. The summed E-state index contributed by atoms with van der Waals surface area (Å²) in [4.78, 5) is 34.7. The number of carbonyl (C=O) groups excluding carboxylic acids is 2. The minimum Gasteiger partial charge on any atom is -0.508 e. The zero-order valence-corrected chi connectivity index (χ0v) is 17.1. The molecule has 1 aromatic heterocycles. The first-order chi connectivity index (χ1) is 13.9. The second-order valence-electron chi connectivity index (χ2n) is 7.22. The fraction of sp³-hybridized carbons (Fsp3) is 0.429. The highest BCUT2D eigenvalue weighted by molar-refractivity contribution is 5.89. The van der Waals surface area contributed by atoms with E-state index in [0.717, 1.165) is 24.0 Å². The van der Waals surface area contributed by atoms with Crippen LogP contribution < -0.4 is 10.6 Å². The molecule has 8 nitrogen and oxygen atoms in total. The first-order valence-electron chi connectivity index (χ1n) is 9.63. The quantitative estimate of drug-likeness (QED) is 0.513. The van der Waals surface area contributed by atoms with Crippen molar-refractivity contribution in [3.63, 3.8) is 0 Å². The van der Waals surface area contributed by atoms with Crippen LogP contribution in [0, 0.1) is 0 Å². The number of hydrogen-bond acceptors (Lipinski definition) is 6. The monoisotopic (exact) mass is 399 g/mol. The van der Waals surface area contributed by atoms with Crippen LogP contribution in [0.3, 0.4) is 0 Å². The molecule has 0 saturated heterocycles. The van der Waals surface area contributed by atoms with Gasteiger partial charge in [-0.2, -0.15) is 0 Å². The molecule has 1 aromatic carbocycles. The molecule has 0 aliphatic rings. The number of rotatable bonds is 10. The Morgan fingerprint density at radius 1 is 1.07 bits per heavy atom. The highest BCUT2D eigenvalue weighted by Gasteiger charge is 2.24. The number of likely N-dealkylation sites (N-methyl/N-ethyl adjacent to an activating group) is 1. The van der Waals surface area contributed by atoms with E-state index in [0.29, 0.717) is 13.0 Å². The molecule has 156 valence electrons. The molecule has 1 unspecified atom stereocenters. The summed E-state index contributed by atoms with van der Waals surface area (Å²) in [6.45, 7) is 2.18. The first kappa shape index (κ1) is 22.3. The van der Waals surface area contributed by atoms with Crippen molar-refractivity contribution in [2.24, 2.45) is 0 Å². The van der Waals surface area contributed by atoms with Crippen molar-refractivity contribution in [2.75, 3.05) is 20.6 Å². The van der Waals surface area contributed by atoms with Crippen LogP contribution in [-0.2, 0) is 22.4 Å². The molecule has 1 heterocycles. The molecule has 2 rings (SSSR count). The number of hydrogen-bond donors (Lipinski definition) is 3. The SMILES string of the molecule is C[C@@H](NC(=O)C(Cc1ccc(O)cc1)N(C)C)C(=O)NCCCc1cncnc1. The minimum absolute atomic E-state index is 0.185. The van der Waals surface area contributed by atoms with Gasteiger partial charge in [-0.05, 0) is 63.5 Å². The van der Waals surface area contributed by atoms with Crippen LogP contribution in [0.5, 0.6) is 5.75 Å². The largest absolute Gasteiger partial charge is 0.508 e. The standard InChI is InChI=1S/C21H29N5O3/c1-15(20(28)24-10-4-5-17-12-22-14-23-13-17)25-21(29)19(26(2)3)11-16-6-8-18(27)9-7-16/h6-9,12-15,19,27H,4-5,10-11H2,1-3H3,(H,24,28)(H,25,29)/t15-,19?/m1/s1. The lowest BCUT2D eigenvalue weighted by Gasteiger charge is -2.25. The predicted octanol–water partition coefficient (Wildman–Crippen LogP) is 0.909. The van der Waals surface area contributed by atoms with Crippen LogP contribution in [0.25, 0.3) is 0 Å². The molecule has 2 aromatic rings. The molecule has 0 aliphatic carbocycles. The van der Waals surface area contributed by atoms with Gasteiger partial charge in [0, 0.05) is 18.9 Å². The van der Waals surface area contributed by atoms with Crippen molar-refractivity contribution >= 4 is 11.8 Å². The Morgan fingerprint density at radius 2 is 1.72 bits per heavy atom. The lowest BCUT2D eigenvalue weighted by molar-refractivity contribution is -0.131. The van der Waals surface area contributed by atoms with Crippen molar-refractivity contribution in [2.45, 2.75) is 38.3 Å². The molecule has 0 saturated carbocycles. The summed E-state index contributed by atoms with van der Waals surface area (Å²) in [5.41, 5.74) is 1.95. The maximum Gasteiger partial charge on any atom is 0.242 e. The smallest absolute Gasteiger partial charge is 0.242 e. The van der Waals surface area contributed by atoms with Crippen LogP contribution >= 0.6 is 0 Å². The minimum atomic E-state index is -0.634. The molecule has 0 fully saturated rings. The maximum absolute atomic E-state index is 12.7. The fourth-order valence-corrected chi connectivity index (χ4v) is 2.86. The average Bonchev–Trinajstić information content (AvgIpc) is 2.70. The van der Waals surface area contributed by atoms with E-state index in [2.05, 4.69) is 20.6 Å². The number of phenolic OH excluding ortho intramolecular Hbond substituents is 1. The molecule has 0 aliphatic heterocycles. The van der Waals surface area contributed by atoms with Crippen molar-refractivity contribution in [1.29, 1.82) is 0 Å². The van der Waals surface area contributed by atoms with Crippen LogP contribution in [0.2, 0.25) is 0 Å². The number of aromatic hydroxyl groups is 1. The Bertz CT molecular complexity index is 781. The van der Waals surface area contributed by atoms with Gasteiger partial charge in [0.1, 0.15) is 18.1 Å². The van der Waals surface area contributed by atoms with Crippen LogP contribution in [-0.4, -0.2) is 64.5 Å². The third-order valence-corrected chi connectivity index (χ3v) is 4.60. The average molecular weight is 399 g/mol. The fourth-order valence-electron chi connectivity index (χ4n) is 2.86. The second-order valence-corrected chi connectivity index (χ2v) is 7.22. The summed E-state index contributed by atoms with van der Waals surface area (Å²) in [6.07, 6.45) is 7.02. The van der Waals surface area contributed by atoms with Crippen molar-refractivity contribution in [3.05, 3.63) is 54.1 Å². The summed E-state index contributed by atoms with van der Waals surface area (Å²) in [5, 5.41) is 15.0. The van der Waals surface area contributed by atoms with Gasteiger partial charge in [0.15, 0.2) is 0 Å². The van der Waals surface area contributed by atoms with E-state index >= 15 is 0 Å². The third kappa shape index (κ3) is 7.50. The van der Waals surface area contributed by atoms with Crippen LogP contribution in [0.4, 0.5) is 0 Å². The van der Waals surface area contributed by atoms with E-state index in [-0.39, 0.29) is 17.6 Å². The number of amides is 2. The summed E-state index contributed by atoms with van der Waals surface area (Å²) in [7, 11) is 3.64. The molecule has 8 heteroatoms. The second kappa shape index (κ2) is 11.1. The molecule has 0 spiro atoms. The Hall–Kier alpha value is -3.00. The highest BCUT2D eigenvalue weighted by atomic mass is 16.3. The number of aryl methyl sites for hydroxylation is 1. The topological polar surface area (TPSA) is 107 Å². The Morgan fingerprint density at radius 3 is 2.34 bits per heavy atom. The Labute approximate surface area is 171 Å². The van der Waals surface area contributed by atoms with Gasteiger partial charge in [-0.25, -0.2) is 9.97 Å². The Kier molecular flexibility index (Phi) is 8.54. The maximum atomic E-state index is 12.7. The molecular weight excluding hydrogens is 370 g/mol. The first-order valence-corrected chi connectivity index (χ1v) is 9.63. The lowest BCUT2D eigenvalue weighted by atomic mass is 10.0. The van der Waals surface area contributed by atoms with E-state index in [1.54, 1.807) is 43.6 Å². The van der Waals surface area contributed by atoms with Gasteiger partial charge < -0.3 is 15.7 Å².